The Morgan fingerprint density at radius 2 is 1.79 bits per heavy atom. The molecule has 4 fully saturated rings. The number of carboxylic acids is 1. The van der Waals surface area contributed by atoms with Gasteiger partial charge < -0.3 is 20.3 Å². The van der Waals surface area contributed by atoms with E-state index in [0.717, 1.165) is 45.1 Å². The van der Waals surface area contributed by atoms with Crippen LogP contribution in [-0.4, -0.2) is 52.3 Å². The van der Waals surface area contributed by atoms with Gasteiger partial charge in [0.1, 0.15) is 0 Å². The third kappa shape index (κ3) is 4.82. The number of aryl methyl sites for hydroxylation is 1. The molecule has 3 N–H and O–H groups in total. The maximum absolute atomic E-state index is 13.5. The number of carboxylic acid groups (broad SMARTS) is 1. The van der Waals surface area contributed by atoms with Crippen LogP contribution in [0.25, 0.3) is 0 Å². The molecule has 7 heteroatoms. The fourth-order valence-electron chi connectivity index (χ4n) is 12.4. The third-order valence-electron chi connectivity index (χ3n) is 16.6. The van der Waals surface area contributed by atoms with Gasteiger partial charge in [-0.15, -0.1) is 0 Å². The van der Waals surface area contributed by atoms with Crippen molar-refractivity contribution >= 4 is 5.97 Å². The van der Waals surface area contributed by atoms with Gasteiger partial charge in [0.25, 0.3) is 0 Å². The Morgan fingerprint density at radius 1 is 1.10 bits per heavy atom. The molecule has 1 aliphatic heterocycles. The smallest absolute Gasteiger partial charge is 0.307 e. The normalized spacial score (nSPS) is 44.3. The summed E-state index contributed by atoms with van der Waals surface area (Å²) in [6.45, 7) is 29.1. The van der Waals surface area contributed by atoms with Crippen LogP contribution in [0.2, 0.25) is 0 Å². The standard InChI is InChI=1S/C41H67N3O4/c1-24(2)27(6)36(8)17-18-38(10)29-13-14-32-37(9)21-47-23-41(32,30(29)15-16-39(38,11)33(36)35(45)46)19-31(44-28(7)26(5)20-43-44)34(37)48-22-40(12,42)25(3)4/h15,20,24-25,27,29,31-34H,13-14,16-19,21-23,42H2,1-12H3,(H,45,46)/t27-,29+,31-,32+,33-,34+,36-,37+,38-,39+,40+,41+/m1/s1. The summed E-state index contributed by atoms with van der Waals surface area (Å²) in [5.41, 5.74) is 9.32. The lowest BCUT2D eigenvalue weighted by atomic mass is 9.34. The van der Waals surface area contributed by atoms with E-state index < -0.39 is 11.5 Å². The molecule has 48 heavy (non-hydrogen) atoms. The van der Waals surface area contributed by atoms with Crippen LogP contribution in [0.5, 0.6) is 0 Å². The number of fused-ring (bicyclic) bond motifs is 3. The number of carbonyl (C=O) groups is 1. The van der Waals surface area contributed by atoms with Crippen molar-refractivity contribution in [2.45, 2.75) is 139 Å². The van der Waals surface area contributed by atoms with Crippen molar-refractivity contribution in [2.24, 2.45) is 68.3 Å². The number of aliphatic carboxylic acids is 1. The average molecular weight is 666 g/mol. The van der Waals surface area contributed by atoms with Gasteiger partial charge in [-0.3, -0.25) is 9.48 Å². The lowest BCUT2D eigenvalue weighted by Crippen LogP contribution is -2.69. The molecule has 0 unspecified atom stereocenters. The molecule has 0 spiro atoms. The molecule has 2 bridgehead atoms. The van der Waals surface area contributed by atoms with E-state index in [-0.39, 0.29) is 51.1 Å². The number of hydrogen-bond donors (Lipinski definition) is 2. The predicted molar refractivity (Wildman–Crippen MR) is 191 cm³/mol. The summed E-state index contributed by atoms with van der Waals surface area (Å²) in [5.74, 6) is 0.816. The maximum atomic E-state index is 13.5. The summed E-state index contributed by atoms with van der Waals surface area (Å²) in [5, 5.41) is 16.1. The summed E-state index contributed by atoms with van der Waals surface area (Å²) in [6.07, 6.45) is 10.4. The van der Waals surface area contributed by atoms with Crippen molar-refractivity contribution in [1.82, 2.24) is 9.78 Å². The number of allylic oxidation sites excluding steroid dienone is 1. The van der Waals surface area contributed by atoms with E-state index in [1.54, 1.807) is 5.57 Å². The topological polar surface area (TPSA) is 99.6 Å². The number of aromatic nitrogens is 2. The minimum atomic E-state index is -0.605. The van der Waals surface area contributed by atoms with E-state index in [1.807, 2.05) is 6.20 Å². The first-order valence-electron chi connectivity index (χ1n) is 19.1. The predicted octanol–water partition coefficient (Wildman–Crippen LogP) is 8.39. The van der Waals surface area contributed by atoms with E-state index in [1.165, 1.54) is 11.3 Å². The molecule has 1 saturated heterocycles. The Labute approximate surface area is 291 Å². The second-order valence-electron chi connectivity index (χ2n) is 19.4. The van der Waals surface area contributed by atoms with Crippen LogP contribution in [0.3, 0.4) is 0 Å². The van der Waals surface area contributed by atoms with Gasteiger partial charge in [0, 0.05) is 22.1 Å². The molecule has 3 saturated carbocycles. The zero-order chi connectivity index (χ0) is 35.4. The number of nitrogens with two attached hydrogens (primary N) is 1. The van der Waals surface area contributed by atoms with Crippen molar-refractivity contribution in [3.63, 3.8) is 0 Å². The largest absolute Gasteiger partial charge is 0.481 e. The first kappa shape index (κ1) is 36.1. The highest BCUT2D eigenvalue weighted by molar-refractivity contribution is 5.73. The van der Waals surface area contributed by atoms with Crippen LogP contribution in [0.4, 0.5) is 0 Å². The van der Waals surface area contributed by atoms with Crippen molar-refractivity contribution in [3.05, 3.63) is 29.1 Å². The molecule has 0 amide bonds. The molecule has 6 rings (SSSR count). The minimum Gasteiger partial charge on any atom is -0.481 e. The maximum Gasteiger partial charge on any atom is 0.307 e. The second-order valence-corrected chi connectivity index (χ2v) is 19.4. The first-order chi connectivity index (χ1) is 22.2. The van der Waals surface area contributed by atoms with Gasteiger partial charge in [-0.1, -0.05) is 74.0 Å². The molecule has 1 aromatic heterocycles. The SMILES string of the molecule is Cc1cnn([C@@H]2C[C@@]34COC[C@@](C)([C@@H]3CC[C@H]3C4=CC[C@@]4(C)[C@H](C(=O)O)[C@@](C)([C@H](C)C(C)C)CC[C@]34C)[C@H]2OC[C@](C)(N)C(C)C)c1C. The van der Waals surface area contributed by atoms with E-state index in [9.17, 15) is 9.90 Å². The molecule has 270 valence electrons. The monoisotopic (exact) mass is 666 g/mol. The van der Waals surface area contributed by atoms with E-state index in [4.69, 9.17) is 20.3 Å². The Balaban J connectivity index is 1.46. The molecule has 12 atom stereocenters. The van der Waals surface area contributed by atoms with Gasteiger partial charge in [-0.05, 0) is 111 Å². The van der Waals surface area contributed by atoms with Crippen molar-refractivity contribution < 1.29 is 19.4 Å². The van der Waals surface area contributed by atoms with Crippen LogP contribution in [-0.2, 0) is 14.3 Å². The minimum absolute atomic E-state index is 0.0564. The van der Waals surface area contributed by atoms with Crippen molar-refractivity contribution in [2.75, 3.05) is 19.8 Å². The first-order valence-corrected chi connectivity index (χ1v) is 19.1. The molecule has 0 aromatic carbocycles. The van der Waals surface area contributed by atoms with Crippen molar-refractivity contribution in [1.29, 1.82) is 0 Å². The number of nitrogens with zero attached hydrogens (tertiary/aromatic N) is 2. The number of hydrogen-bond acceptors (Lipinski definition) is 5. The Bertz CT molecular complexity index is 1450. The molecule has 0 radical (unpaired) electrons. The summed E-state index contributed by atoms with van der Waals surface area (Å²) < 4.78 is 16.1. The zero-order valence-electron chi connectivity index (χ0n) is 32.3. The number of ether oxygens (including phenoxy) is 2. The van der Waals surface area contributed by atoms with Gasteiger partial charge in [0.2, 0.25) is 0 Å². The molecule has 1 aromatic rings. The van der Waals surface area contributed by atoms with E-state index in [0.29, 0.717) is 36.9 Å². The average Bonchev–Trinajstić information content (AvgIpc) is 3.33. The van der Waals surface area contributed by atoms with Gasteiger partial charge in [-0.2, -0.15) is 5.10 Å². The molecule has 4 aliphatic carbocycles. The van der Waals surface area contributed by atoms with Gasteiger partial charge in [0.05, 0.1) is 44.1 Å². The summed E-state index contributed by atoms with van der Waals surface area (Å²) in [6, 6.07) is 0.0564. The summed E-state index contributed by atoms with van der Waals surface area (Å²) in [4.78, 5) is 13.5. The lowest BCUT2D eigenvalue weighted by Gasteiger charge is -2.71. The Morgan fingerprint density at radius 3 is 2.38 bits per heavy atom. The molecular formula is C41H67N3O4. The quantitative estimate of drug-likeness (QED) is 0.271. The zero-order valence-corrected chi connectivity index (χ0v) is 32.3. The van der Waals surface area contributed by atoms with E-state index in [2.05, 4.69) is 93.8 Å². The molecule has 5 aliphatic rings. The molecule has 2 heterocycles. The third-order valence-corrected chi connectivity index (χ3v) is 16.6. The fraction of sp³-hybridized carbons (Fsp3) is 0.854. The van der Waals surface area contributed by atoms with Crippen molar-refractivity contribution in [3.8, 4) is 0 Å². The summed E-state index contributed by atoms with van der Waals surface area (Å²) in [7, 11) is 0. The van der Waals surface area contributed by atoms with Gasteiger partial charge >= 0.3 is 5.97 Å². The van der Waals surface area contributed by atoms with Crippen LogP contribution < -0.4 is 5.73 Å². The van der Waals surface area contributed by atoms with Crippen LogP contribution in [0, 0.1) is 76.4 Å². The van der Waals surface area contributed by atoms with Crippen LogP contribution in [0.1, 0.15) is 125 Å². The lowest BCUT2D eigenvalue weighted by molar-refractivity contribution is -0.252. The van der Waals surface area contributed by atoms with Crippen LogP contribution >= 0.6 is 0 Å². The fourth-order valence-corrected chi connectivity index (χ4v) is 12.4. The Kier molecular flexibility index (Phi) is 8.77. The highest BCUT2D eigenvalue weighted by Gasteiger charge is 2.72. The molecular weight excluding hydrogens is 598 g/mol. The highest BCUT2D eigenvalue weighted by Crippen LogP contribution is 2.75. The van der Waals surface area contributed by atoms with Gasteiger partial charge in [0.15, 0.2) is 0 Å². The van der Waals surface area contributed by atoms with E-state index >= 15 is 0 Å². The Hall–Kier alpha value is -1.70. The number of rotatable bonds is 8. The molecule has 7 nitrogen and oxygen atoms in total. The van der Waals surface area contributed by atoms with Gasteiger partial charge in [-0.25, -0.2) is 0 Å². The second kappa shape index (κ2) is 11.7. The highest BCUT2D eigenvalue weighted by atomic mass is 16.5. The summed E-state index contributed by atoms with van der Waals surface area (Å²) >= 11 is 0. The van der Waals surface area contributed by atoms with Crippen LogP contribution in [0.15, 0.2) is 17.8 Å².